The molecule has 4 nitrogen and oxygen atoms in total. The second-order valence-corrected chi connectivity index (χ2v) is 6.84. The molecule has 1 atom stereocenters. The van der Waals surface area contributed by atoms with Crippen molar-refractivity contribution < 1.29 is 4.79 Å². The maximum atomic E-state index is 13.6. The molecule has 2 aliphatic rings. The summed E-state index contributed by atoms with van der Waals surface area (Å²) < 4.78 is 0. The predicted molar refractivity (Wildman–Crippen MR) is 102 cm³/mol. The summed E-state index contributed by atoms with van der Waals surface area (Å²) >= 11 is 0. The van der Waals surface area contributed by atoms with Gasteiger partial charge in [0.15, 0.2) is 0 Å². The molecule has 0 fully saturated rings. The van der Waals surface area contributed by atoms with Crippen LogP contribution in [-0.4, -0.2) is 16.3 Å². The topological polar surface area (TPSA) is 45.0 Å². The number of nitrogens with zero attached hydrogens (tertiary/aromatic N) is 3. The van der Waals surface area contributed by atoms with Crippen molar-refractivity contribution in [2.45, 2.75) is 32.9 Å². The molecule has 1 spiro atoms. The Labute approximate surface area is 153 Å². The van der Waals surface area contributed by atoms with Crippen LogP contribution >= 0.6 is 0 Å². The lowest BCUT2D eigenvalue weighted by molar-refractivity contribution is -0.130. The van der Waals surface area contributed by atoms with Crippen molar-refractivity contribution in [2.75, 3.05) is 0 Å². The zero-order chi connectivity index (χ0) is 18.3. The Hall–Kier alpha value is -3.01. The van der Waals surface area contributed by atoms with Gasteiger partial charge in [-0.3, -0.25) is 4.79 Å². The summed E-state index contributed by atoms with van der Waals surface area (Å²) in [5.74, 6) is -0.0178. The molecule has 0 saturated carbocycles. The molecule has 4 heteroatoms. The third kappa shape index (κ3) is 2.25. The van der Waals surface area contributed by atoms with Crippen molar-refractivity contribution in [1.82, 2.24) is 4.90 Å². The third-order valence-corrected chi connectivity index (χ3v) is 5.39. The van der Waals surface area contributed by atoms with Gasteiger partial charge in [0.05, 0.1) is 17.9 Å². The molecule has 0 N–H and O–H groups in total. The van der Waals surface area contributed by atoms with E-state index in [0.29, 0.717) is 6.54 Å². The van der Waals surface area contributed by atoms with E-state index in [1.165, 1.54) is 0 Å². The second-order valence-electron chi connectivity index (χ2n) is 6.84. The Balaban J connectivity index is 1.88. The normalized spacial score (nSPS) is 22.3. The molecule has 130 valence electrons. The predicted octanol–water partition coefficient (Wildman–Crippen LogP) is 4.96. The standard InChI is InChI=1S/C22H21N3O/c1-15-17(3)23-24-22(15)16(2)20(19-12-8-5-9-13-19)25(21(22)26)14-18-10-6-4-7-11-18/h4-13H,14H2,1-3H3. The van der Waals surface area contributed by atoms with Gasteiger partial charge in [-0.25, -0.2) is 0 Å². The fourth-order valence-electron chi connectivity index (χ4n) is 3.84. The van der Waals surface area contributed by atoms with Crippen molar-refractivity contribution in [3.05, 3.63) is 88.6 Å². The minimum Gasteiger partial charge on any atom is -0.305 e. The molecular weight excluding hydrogens is 322 g/mol. The van der Waals surface area contributed by atoms with Crippen LogP contribution in [0.25, 0.3) is 5.70 Å². The quantitative estimate of drug-likeness (QED) is 0.777. The lowest BCUT2D eigenvalue weighted by atomic mass is 9.84. The maximum Gasteiger partial charge on any atom is 0.265 e. The highest BCUT2D eigenvalue weighted by Gasteiger charge is 2.55. The van der Waals surface area contributed by atoms with Gasteiger partial charge in [-0.1, -0.05) is 60.7 Å². The molecule has 0 saturated heterocycles. The van der Waals surface area contributed by atoms with E-state index in [1.807, 2.05) is 86.3 Å². The fourth-order valence-corrected chi connectivity index (χ4v) is 3.84. The molecule has 0 aliphatic carbocycles. The number of benzene rings is 2. The number of hydrogen-bond donors (Lipinski definition) is 0. The van der Waals surface area contributed by atoms with Gasteiger partial charge in [-0.05, 0) is 43.0 Å². The monoisotopic (exact) mass is 343 g/mol. The highest BCUT2D eigenvalue weighted by molar-refractivity contribution is 6.06. The van der Waals surface area contributed by atoms with Gasteiger partial charge in [0.25, 0.3) is 5.91 Å². The zero-order valence-electron chi connectivity index (χ0n) is 15.2. The van der Waals surface area contributed by atoms with Gasteiger partial charge >= 0.3 is 0 Å². The zero-order valence-corrected chi connectivity index (χ0v) is 15.2. The Morgan fingerprint density at radius 3 is 2.08 bits per heavy atom. The van der Waals surface area contributed by atoms with Crippen LogP contribution in [0.15, 0.2) is 87.7 Å². The van der Waals surface area contributed by atoms with Crippen molar-refractivity contribution in [1.29, 1.82) is 0 Å². The van der Waals surface area contributed by atoms with E-state index in [9.17, 15) is 4.79 Å². The summed E-state index contributed by atoms with van der Waals surface area (Å²) in [6, 6.07) is 20.1. The number of hydrogen-bond acceptors (Lipinski definition) is 3. The van der Waals surface area contributed by atoms with Crippen LogP contribution in [0, 0.1) is 0 Å². The van der Waals surface area contributed by atoms with Gasteiger partial charge in [-0.2, -0.15) is 10.2 Å². The first-order valence-corrected chi connectivity index (χ1v) is 8.79. The van der Waals surface area contributed by atoms with Crippen LogP contribution in [0.5, 0.6) is 0 Å². The number of carbonyl (C=O) groups excluding carboxylic acids is 1. The van der Waals surface area contributed by atoms with Crippen molar-refractivity contribution in [2.24, 2.45) is 10.2 Å². The minimum absolute atomic E-state index is 0.0178. The number of azo groups is 1. The number of allylic oxidation sites excluding steroid dienone is 1. The lowest BCUT2D eigenvalue weighted by Crippen LogP contribution is -2.40. The SMILES string of the molecule is CC1=C(C)C2(N=N1)C(=O)N(Cc1ccccc1)C(c1ccccc1)=C2C. The van der Waals surface area contributed by atoms with E-state index < -0.39 is 5.54 Å². The first-order valence-electron chi connectivity index (χ1n) is 8.79. The van der Waals surface area contributed by atoms with Gasteiger partial charge < -0.3 is 4.90 Å². The number of rotatable bonds is 3. The third-order valence-electron chi connectivity index (χ3n) is 5.39. The van der Waals surface area contributed by atoms with Crippen LogP contribution in [0.2, 0.25) is 0 Å². The Bertz CT molecular complexity index is 957. The smallest absolute Gasteiger partial charge is 0.265 e. The molecule has 1 unspecified atom stereocenters. The molecule has 2 aromatic rings. The van der Waals surface area contributed by atoms with Crippen LogP contribution in [0.3, 0.4) is 0 Å². The highest BCUT2D eigenvalue weighted by atomic mass is 16.2. The summed E-state index contributed by atoms with van der Waals surface area (Å²) in [6.45, 7) is 6.40. The Morgan fingerprint density at radius 2 is 1.50 bits per heavy atom. The van der Waals surface area contributed by atoms with E-state index in [2.05, 4.69) is 10.2 Å². The van der Waals surface area contributed by atoms with Gasteiger partial charge in [0, 0.05) is 0 Å². The molecule has 0 aromatic heterocycles. The lowest BCUT2D eigenvalue weighted by Gasteiger charge is -2.24. The molecule has 2 aliphatic heterocycles. The van der Waals surface area contributed by atoms with E-state index in [4.69, 9.17) is 0 Å². The minimum atomic E-state index is -0.982. The van der Waals surface area contributed by atoms with Crippen molar-refractivity contribution in [3.63, 3.8) is 0 Å². The summed E-state index contributed by atoms with van der Waals surface area (Å²) in [6.07, 6.45) is 0. The van der Waals surface area contributed by atoms with Gasteiger partial charge in [-0.15, -0.1) is 0 Å². The largest absolute Gasteiger partial charge is 0.305 e. The van der Waals surface area contributed by atoms with Gasteiger partial charge in [0.1, 0.15) is 0 Å². The molecule has 26 heavy (non-hydrogen) atoms. The summed E-state index contributed by atoms with van der Waals surface area (Å²) in [7, 11) is 0. The average Bonchev–Trinajstić information content (AvgIpc) is 3.08. The van der Waals surface area contributed by atoms with Crippen LogP contribution in [-0.2, 0) is 11.3 Å². The van der Waals surface area contributed by atoms with E-state index in [0.717, 1.165) is 33.7 Å². The molecule has 2 aromatic carbocycles. The van der Waals surface area contributed by atoms with Gasteiger partial charge in [0.2, 0.25) is 5.54 Å². The molecule has 1 amide bonds. The van der Waals surface area contributed by atoms with Crippen molar-refractivity contribution >= 4 is 11.6 Å². The molecule has 0 radical (unpaired) electrons. The van der Waals surface area contributed by atoms with Crippen LogP contribution in [0.1, 0.15) is 31.9 Å². The van der Waals surface area contributed by atoms with E-state index >= 15 is 0 Å². The molecule has 0 bridgehead atoms. The maximum absolute atomic E-state index is 13.6. The molecule has 2 heterocycles. The van der Waals surface area contributed by atoms with Crippen LogP contribution < -0.4 is 0 Å². The summed E-state index contributed by atoms with van der Waals surface area (Å²) in [5.41, 5.74) is 4.77. The van der Waals surface area contributed by atoms with Crippen molar-refractivity contribution in [3.8, 4) is 0 Å². The number of carbonyl (C=O) groups is 1. The summed E-state index contributed by atoms with van der Waals surface area (Å²) in [5, 5.41) is 8.71. The molecular formula is C22H21N3O. The number of amides is 1. The first-order chi connectivity index (χ1) is 12.6. The van der Waals surface area contributed by atoms with E-state index in [1.54, 1.807) is 0 Å². The highest BCUT2D eigenvalue weighted by Crippen LogP contribution is 2.48. The Kier molecular flexibility index (Phi) is 3.83. The Morgan fingerprint density at radius 1 is 0.885 bits per heavy atom. The summed E-state index contributed by atoms with van der Waals surface area (Å²) in [4.78, 5) is 15.4. The van der Waals surface area contributed by atoms with Crippen LogP contribution in [0.4, 0.5) is 0 Å². The first kappa shape index (κ1) is 16.5. The second kappa shape index (κ2) is 6.06. The average molecular weight is 343 g/mol. The fraction of sp³-hybridized carbons (Fsp3) is 0.227. The van der Waals surface area contributed by atoms with E-state index in [-0.39, 0.29) is 5.91 Å². The molecule has 4 rings (SSSR count).